The predicted octanol–water partition coefficient (Wildman–Crippen LogP) is 5.44. The molecule has 230 valence electrons. The summed E-state index contributed by atoms with van der Waals surface area (Å²) in [5.41, 5.74) is 10.1. The van der Waals surface area contributed by atoms with E-state index in [1.54, 1.807) is 25.1 Å². The first kappa shape index (κ1) is 28.8. The largest absolute Gasteiger partial charge is 0.444 e. The number of para-hydroxylation sites is 1. The fourth-order valence-electron chi connectivity index (χ4n) is 6.57. The molecule has 0 unspecified atom stereocenters. The first-order valence-corrected chi connectivity index (χ1v) is 15.3. The molecule has 2 aromatic carbocycles. The van der Waals surface area contributed by atoms with Gasteiger partial charge in [-0.15, -0.1) is 0 Å². The van der Waals surface area contributed by atoms with E-state index in [1.807, 2.05) is 19.1 Å². The van der Waals surface area contributed by atoms with Crippen LogP contribution < -0.4 is 15.2 Å². The van der Waals surface area contributed by atoms with Crippen LogP contribution in [-0.2, 0) is 23.6 Å². The number of pyridine rings is 1. The summed E-state index contributed by atoms with van der Waals surface area (Å²) in [5.74, 6) is 0.698. The second-order valence-electron chi connectivity index (χ2n) is 11.9. The van der Waals surface area contributed by atoms with Crippen molar-refractivity contribution in [3.63, 3.8) is 0 Å². The minimum absolute atomic E-state index is 0.0455. The van der Waals surface area contributed by atoms with Gasteiger partial charge in [0.1, 0.15) is 17.3 Å². The van der Waals surface area contributed by atoms with Crippen LogP contribution >= 0.6 is 11.6 Å². The number of nitrogens with two attached hydrogens (primary N) is 1. The zero-order valence-electron chi connectivity index (χ0n) is 24.6. The van der Waals surface area contributed by atoms with Gasteiger partial charge in [0, 0.05) is 24.1 Å². The number of fused-ring (bicyclic) bond motifs is 2. The Balaban J connectivity index is 1.09. The quantitative estimate of drug-likeness (QED) is 0.121. The number of aryl methyl sites for hydroxylation is 1. The van der Waals surface area contributed by atoms with Crippen molar-refractivity contribution in [1.82, 2.24) is 19.4 Å². The standard InChI is InChI=1S/C32H34ClFN6O4/c1-18-29-25(15-26(36-18)31(35)38-41)37-28(40(29)16-21-10-13-42-21)17-39-11-8-19(9-12-39)22-4-3-5-27-30(22)44-32(2,43-27)23-7-6-20(33)14-24(23)34/h3-7,14-15,19,21,41H,8-13,16-17H2,1-2H3,(H2,35,38)/t21-,32-/m0/s1. The molecule has 3 N–H and O–H groups in total. The van der Waals surface area contributed by atoms with Gasteiger partial charge >= 0.3 is 0 Å². The lowest BCUT2D eigenvalue weighted by Gasteiger charge is -2.33. The molecule has 7 rings (SSSR count). The average Bonchev–Trinajstić information content (AvgIpc) is 3.51. The summed E-state index contributed by atoms with van der Waals surface area (Å²) >= 11 is 5.98. The number of hydrogen-bond acceptors (Lipinski definition) is 8. The number of nitrogens with zero attached hydrogens (tertiary/aromatic N) is 5. The maximum Gasteiger partial charge on any atom is 0.278 e. The molecular weight excluding hydrogens is 587 g/mol. The zero-order chi connectivity index (χ0) is 30.6. The number of benzene rings is 2. The van der Waals surface area contributed by atoms with Crippen LogP contribution in [0.2, 0.25) is 5.02 Å². The van der Waals surface area contributed by atoms with Crippen LogP contribution in [0.4, 0.5) is 4.39 Å². The third-order valence-electron chi connectivity index (χ3n) is 8.95. The molecular formula is C32H34ClFN6O4. The second kappa shape index (κ2) is 11.2. The molecule has 2 fully saturated rings. The fraction of sp³-hybridized carbons (Fsp3) is 0.406. The molecule has 2 aromatic heterocycles. The summed E-state index contributed by atoms with van der Waals surface area (Å²) in [6, 6.07) is 12.2. The summed E-state index contributed by atoms with van der Waals surface area (Å²) in [6.45, 7) is 7.54. The Kier molecular flexibility index (Phi) is 7.34. The lowest BCUT2D eigenvalue weighted by molar-refractivity contribution is -0.0712. The minimum atomic E-state index is -1.28. The molecule has 0 amide bonds. The molecule has 0 radical (unpaired) electrons. The molecule has 12 heteroatoms. The predicted molar refractivity (Wildman–Crippen MR) is 163 cm³/mol. The lowest BCUT2D eigenvalue weighted by Crippen LogP contribution is -2.35. The average molecular weight is 621 g/mol. The molecule has 10 nitrogen and oxygen atoms in total. The van der Waals surface area contributed by atoms with Crippen LogP contribution in [-0.4, -0.2) is 56.3 Å². The van der Waals surface area contributed by atoms with Gasteiger partial charge in [0.15, 0.2) is 17.3 Å². The number of oxime groups is 1. The molecule has 3 aliphatic heterocycles. The van der Waals surface area contributed by atoms with E-state index in [4.69, 9.17) is 36.5 Å². The van der Waals surface area contributed by atoms with Gasteiger partial charge in [-0.3, -0.25) is 4.90 Å². The summed E-state index contributed by atoms with van der Waals surface area (Å²) < 4.78 is 35.4. The Hall–Kier alpha value is -3.93. The molecule has 0 aliphatic carbocycles. The first-order valence-electron chi connectivity index (χ1n) is 14.9. The van der Waals surface area contributed by atoms with Crippen LogP contribution in [0.25, 0.3) is 11.0 Å². The molecule has 0 bridgehead atoms. The molecule has 3 aliphatic rings. The Morgan fingerprint density at radius 3 is 2.66 bits per heavy atom. The van der Waals surface area contributed by atoms with Crippen molar-refractivity contribution in [2.75, 3.05) is 19.7 Å². The number of likely N-dealkylation sites (tertiary alicyclic amines) is 1. The summed E-state index contributed by atoms with van der Waals surface area (Å²) in [4.78, 5) is 12.0. The van der Waals surface area contributed by atoms with E-state index < -0.39 is 11.6 Å². The van der Waals surface area contributed by atoms with E-state index in [0.29, 0.717) is 40.9 Å². The number of amidine groups is 1. The number of halogens is 2. The van der Waals surface area contributed by atoms with Crippen molar-refractivity contribution in [2.45, 2.75) is 64.0 Å². The SMILES string of the molecule is Cc1nc(C(N)=NO)cc2nc(CN3CCC(c4cccc5c4O[C@@](C)(c4ccc(Cl)cc4F)O5)CC3)n(C[C@@H]3CCO3)c12. The van der Waals surface area contributed by atoms with E-state index in [9.17, 15) is 9.60 Å². The van der Waals surface area contributed by atoms with Crippen LogP contribution in [0.1, 0.15) is 60.4 Å². The van der Waals surface area contributed by atoms with E-state index in [1.165, 1.54) is 6.07 Å². The zero-order valence-corrected chi connectivity index (χ0v) is 25.4. The van der Waals surface area contributed by atoms with Crippen molar-refractivity contribution >= 4 is 28.5 Å². The topological polar surface area (TPSA) is 120 Å². The number of aromatic nitrogens is 3. The number of piperidine rings is 1. The number of ether oxygens (including phenoxy) is 3. The highest BCUT2D eigenvalue weighted by atomic mass is 35.5. The Bertz CT molecular complexity index is 1770. The van der Waals surface area contributed by atoms with Gasteiger partial charge in [-0.05, 0) is 75.5 Å². The molecule has 0 saturated carbocycles. The highest BCUT2D eigenvalue weighted by Gasteiger charge is 2.43. The maximum absolute atomic E-state index is 14.8. The monoisotopic (exact) mass is 620 g/mol. The fourth-order valence-corrected chi connectivity index (χ4v) is 6.73. The van der Waals surface area contributed by atoms with E-state index in [2.05, 4.69) is 25.7 Å². The van der Waals surface area contributed by atoms with Gasteiger partial charge in [0.2, 0.25) is 0 Å². The van der Waals surface area contributed by atoms with Gasteiger partial charge < -0.3 is 29.7 Å². The summed E-state index contributed by atoms with van der Waals surface area (Å²) in [5, 5.41) is 12.6. The van der Waals surface area contributed by atoms with Crippen molar-refractivity contribution in [3.05, 3.63) is 81.6 Å². The molecule has 4 aromatic rings. The smallest absolute Gasteiger partial charge is 0.278 e. The third-order valence-corrected chi connectivity index (χ3v) is 9.19. The highest BCUT2D eigenvalue weighted by Crippen LogP contribution is 2.50. The van der Waals surface area contributed by atoms with Gasteiger partial charge in [-0.2, -0.15) is 0 Å². The van der Waals surface area contributed by atoms with Gasteiger partial charge in [-0.1, -0.05) is 28.9 Å². The molecule has 0 spiro atoms. The normalized spacial score (nSPS) is 22.5. The van der Waals surface area contributed by atoms with Gasteiger partial charge in [0.25, 0.3) is 5.79 Å². The highest BCUT2D eigenvalue weighted by molar-refractivity contribution is 6.30. The number of rotatable bonds is 7. The number of hydrogen-bond donors (Lipinski definition) is 2. The molecule has 5 heterocycles. The van der Waals surface area contributed by atoms with Gasteiger partial charge in [0.05, 0.1) is 41.5 Å². The first-order chi connectivity index (χ1) is 21.2. The lowest BCUT2D eigenvalue weighted by atomic mass is 9.88. The van der Waals surface area contributed by atoms with Gasteiger partial charge in [-0.25, -0.2) is 14.4 Å². The molecule has 2 atom stereocenters. The van der Waals surface area contributed by atoms with Crippen molar-refractivity contribution < 1.29 is 23.8 Å². The minimum Gasteiger partial charge on any atom is -0.444 e. The van der Waals surface area contributed by atoms with E-state index >= 15 is 0 Å². The van der Waals surface area contributed by atoms with Crippen LogP contribution in [0.5, 0.6) is 11.5 Å². The van der Waals surface area contributed by atoms with Crippen molar-refractivity contribution in [2.24, 2.45) is 10.9 Å². The Morgan fingerprint density at radius 1 is 1.16 bits per heavy atom. The van der Waals surface area contributed by atoms with Crippen LogP contribution in [0.3, 0.4) is 0 Å². The summed E-state index contributed by atoms with van der Waals surface area (Å²) in [7, 11) is 0. The van der Waals surface area contributed by atoms with E-state index in [-0.39, 0.29) is 17.9 Å². The molecule has 44 heavy (non-hydrogen) atoms. The van der Waals surface area contributed by atoms with Crippen molar-refractivity contribution in [3.8, 4) is 11.5 Å². The molecule has 2 saturated heterocycles. The maximum atomic E-state index is 14.8. The van der Waals surface area contributed by atoms with E-state index in [0.717, 1.165) is 67.1 Å². The third kappa shape index (κ3) is 5.12. The Morgan fingerprint density at radius 2 is 1.95 bits per heavy atom. The van der Waals surface area contributed by atoms with Crippen LogP contribution in [0, 0.1) is 12.7 Å². The van der Waals surface area contributed by atoms with Crippen molar-refractivity contribution in [1.29, 1.82) is 0 Å². The Labute approximate surface area is 259 Å². The number of imidazole rings is 1. The second-order valence-corrected chi connectivity index (χ2v) is 12.3. The summed E-state index contributed by atoms with van der Waals surface area (Å²) in [6.07, 6.45) is 3.00. The van der Waals surface area contributed by atoms with Crippen LogP contribution in [0.15, 0.2) is 47.6 Å².